The highest BCUT2D eigenvalue weighted by atomic mass is 19.4. The van der Waals surface area contributed by atoms with Crippen molar-refractivity contribution in [2.45, 2.75) is 44.7 Å². The van der Waals surface area contributed by atoms with Gasteiger partial charge in [0.05, 0.1) is 17.9 Å². The van der Waals surface area contributed by atoms with E-state index in [9.17, 15) is 23.5 Å². The smallest absolute Gasteiger partial charge is 0.422 e. The highest BCUT2D eigenvalue weighted by Crippen LogP contribution is 2.33. The number of aliphatic hydroxyl groups excluding tert-OH is 1. The summed E-state index contributed by atoms with van der Waals surface area (Å²) in [5.74, 6) is 0.313. The van der Waals surface area contributed by atoms with Crippen molar-refractivity contribution in [1.29, 1.82) is 5.26 Å². The van der Waals surface area contributed by atoms with Crippen LogP contribution in [-0.4, -0.2) is 56.8 Å². The van der Waals surface area contributed by atoms with E-state index in [1.165, 1.54) is 6.07 Å². The number of hydrogen-bond donors (Lipinski definition) is 2. The standard InChI is InChI=1S/C32H36F3N3O4/c1-23(37-13-17-40-28-10-5-6-11-29(28)42-22-32(33,34)35)18-24-19-26-12-15-38(30(26)27(20-24)21-36)14-7-16-41-31(39)25-8-3-2-4-9-25/h2-6,8-11,19-20,23,31,37,39H,7,12-18,22H2,1H3. The molecule has 0 bridgehead atoms. The topological polar surface area (TPSA) is 87.0 Å². The third-order valence-electron chi connectivity index (χ3n) is 6.90. The van der Waals surface area contributed by atoms with Crippen molar-refractivity contribution < 1.29 is 32.5 Å². The van der Waals surface area contributed by atoms with Crippen LogP contribution in [0.4, 0.5) is 18.9 Å². The van der Waals surface area contributed by atoms with Gasteiger partial charge in [-0.15, -0.1) is 0 Å². The second-order valence-electron chi connectivity index (χ2n) is 10.2. The predicted molar refractivity (Wildman–Crippen MR) is 154 cm³/mol. The van der Waals surface area contributed by atoms with Gasteiger partial charge in [0.1, 0.15) is 12.7 Å². The van der Waals surface area contributed by atoms with E-state index in [0.29, 0.717) is 25.1 Å². The Kier molecular flexibility index (Phi) is 11.1. The molecule has 0 saturated carbocycles. The minimum absolute atomic E-state index is 0.0522. The summed E-state index contributed by atoms with van der Waals surface area (Å²) in [4.78, 5) is 2.21. The Labute approximate surface area is 244 Å². The third kappa shape index (κ3) is 9.11. The lowest BCUT2D eigenvalue weighted by atomic mass is 9.99. The molecule has 2 N–H and O–H groups in total. The Morgan fingerprint density at radius 2 is 1.74 bits per heavy atom. The van der Waals surface area contributed by atoms with E-state index in [1.54, 1.807) is 18.2 Å². The zero-order chi connectivity index (χ0) is 30.0. The van der Waals surface area contributed by atoms with E-state index >= 15 is 0 Å². The van der Waals surface area contributed by atoms with Crippen molar-refractivity contribution >= 4 is 5.69 Å². The Hall–Kier alpha value is -3.78. The van der Waals surface area contributed by atoms with Gasteiger partial charge >= 0.3 is 6.18 Å². The molecule has 2 unspecified atom stereocenters. The van der Waals surface area contributed by atoms with Crippen molar-refractivity contribution in [3.05, 3.63) is 89.0 Å². The summed E-state index contributed by atoms with van der Waals surface area (Å²) in [5, 5.41) is 23.5. The van der Waals surface area contributed by atoms with E-state index in [4.69, 9.17) is 14.2 Å². The predicted octanol–water partition coefficient (Wildman–Crippen LogP) is 5.56. The quantitative estimate of drug-likeness (QED) is 0.179. The molecular weight excluding hydrogens is 547 g/mol. The van der Waals surface area contributed by atoms with Gasteiger partial charge < -0.3 is 29.5 Å². The normalized spacial score (nSPS) is 14.2. The molecule has 2 atom stereocenters. The Balaban J connectivity index is 1.23. The molecule has 3 aromatic carbocycles. The monoisotopic (exact) mass is 583 g/mol. The lowest BCUT2D eigenvalue weighted by Crippen LogP contribution is -2.32. The summed E-state index contributed by atoms with van der Waals surface area (Å²) < 4.78 is 53.7. The van der Waals surface area contributed by atoms with Gasteiger partial charge in [0, 0.05) is 31.2 Å². The van der Waals surface area contributed by atoms with Gasteiger partial charge in [-0.25, -0.2) is 0 Å². The molecule has 1 aliphatic heterocycles. The average Bonchev–Trinajstić information content (AvgIpc) is 3.39. The molecule has 0 saturated heterocycles. The number of fused-ring (bicyclic) bond motifs is 1. The second-order valence-corrected chi connectivity index (χ2v) is 10.2. The van der Waals surface area contributed by atoms with Crippen molar-refractivity contribution in [2.75, 3.05) is 44.4 Å². The maximum absolute atomic E-state index is 12.5. The maximum atomic E-state index is 12.5. The highest BCUT2D eigenvalue weighted by Gasteiger charge is 2.29. The summed E-state index contributed by atoms with van der Waals surface area (Å²) in [7, 11) is 0. The number of hydrogen-bond acceptors (Lipinski definition) is 7. The number of ether oxygens (including phenoxy) is 3. The number of para-hydroxylation sites is 2. The van der Waals surface area contributed by atoms with Gasteiger partial charge in [0.2, 0.25) is 0 Å². The van der Waals surface area contributed by atoms with E-state index < -0.39 is 19.1 Å². The van der Waals surface area contributed by atoms with Crippen LogP contribution in [0.25, 0.3) is 0 Å². The van der Waals surface area contributed by atoms with Gasteiger partial charge in [-0.05, 0) is 55.5 Å². The molecule has 0 fully saturated rings. The lowest BCUT2D eigenvalue weighted by molar-refractivity contribution is -0.153. The van der Waals surface area contributed by atoms with Gasteiger partial charge in [0.15, 0.2) is 24.4 Å². The zero-order valence-electron chi connectivity index (χ0n) is 23.6. The van der Waals surface area contributed by atoms with Gasteiger partial charge in [-0.2, -0.15) is 18.4 Å². The number of nitrogens with zero attached hydrogens (tertiary/aromatic N) is 2. The zero-order valence-corrected chi connectivity index (χ0v) is 23.6. The number of benzene rings is 3. The van der Waals surface area contributed by atoms with Crippen LogP contribution in [0, 0.1) is 11.3 Å². The Morgan fingerprint density at radius 3 is 2.45 bits per heavy atom. The largest absolute Gasteiger partial charge is 0.488 e. The molecule has 0 aliphatic carbocycles. The molecule has 7 nitrogen and oxygen atoms in total. The Morgan fingerprint density at radius 1 is 1.02 bits per heavy atom. The summed E-state index contributed by atoms with van der Waals surface area (Å²) in [5.41, 5.74) is 4.56. The molecule has 0 amide bonds. The maximum Gasteiger partial charge on any atom is 0.422 e. The fraction of sp³-hybridized carbons (Fsp3) is 0.406. The molecule has 3 aromatic rings. The molecule has 0 radical (unpaired) electrons. The summed E-state index contributed by atoms with van der Waals surface area (Å²) >= 11 is 0. The van der Waals surface area contributed by atoms with E-state index in [0.717, 1.165) is 48.3 Å². The number of rotatable bonds is 15. The van der Waals surface area contributed by atoms with Crippen LogP contribution in [0.2, 0.25) is 0 Å². The minimum atomic E-state index is -4.42. The van der Waals surface area contributed by atoms with Crippen LogP contribution in [-0.2, 0) is 17.6 Å². The number of aliphatic hydroxyl groups is 1. The molecule has 0 aromatic heterocycles. The number of nitriles is 1. The van der Waals surface area contributed by atoms with Crippen LogP contribution >= 0.6 is 0 Å². The SMILES string of the molecule is CC(Cc1cc(C#N)c2c(c1)CCN2CCCOC(O)c1ccccc1)NCCOc1ccccc1OCC(F)(F)F. The molecular formula is C32H36F3N3O4. The first kappa shape index (κ1) is 31.2. The van der Waals surface area contributed by atoms with Crippen LogP contribution < -0.4 is 19.7 Å². The van der Waals surface area contributed by atoms with E-state index in [-0.39, 0.29) is 24.1 Å². The molecule has 42 heavy (non-hydrogen) atoms. The number of alkyl halides is 3. The van der Waals surface area contributed by atoms with Crippen molar-refractivity contribution in [3.8, 4) is 17.6 Å². The van der Waals surface area contributed by atoms with E-state index in [2.05, 4.69) is 22.4 Å². The molecule has 1 aliphatic rings. The summed E-state index contributed by atoms with van der Waals surface area (Å²) in [6.45, 7) is 3.36. The fourth-order valence-electron chi connectivity index (χ4n) is 5.02. The van der Waals surface area contributed by atoms with Crippen LogP contribution in [0.1, 0.15) is 41.9 Å². The first-order valence-corrected chi connectivity index (χ1v) is 14.0. The third-order valence-corrected chi connectivity index (χ3v) is 6.90. The molecule has 224 valence electrons. The van der Waals surface area contributed by atoms with Crippen molar-refractivity contribution in [2.24, 2.45) is 0 Å². The van der Waals surface area contributed by atoms with Crippen LogP contribution in [0.5, 0.6) is 11.5 Å². The first-order valence-electron chi connectivity index (χ1n) is 14.0. The average molecular weight is 584 g/mol. The van der Waals surface area contributed by atoms with E-state index in [1.807, 2.05) is 43.3 Å². The second kappa shape index (κ2) is 14.9. The minimum Gasteiger partial charge on any atom is -0.488 e. The molecule has 4 rings (SSSR count). The summed E-state index contributed by atoms with van der Waals surface area (Å²) in [6.07, 6.45) is -3.09. The van der Waals surface area contributed by atoms with Crippen LogP contribution in [0.15, 0.2) is 66.7 Å². The fourth-order valence-corrected chi connectivity index (χ4v) is 5.02. The van der Waals surface area contributed by atoms with Crippen molar-refractivity contribution in [3.63, 3.8) is 0 Å². The first-order chi connectivity index (χ1) is 20.2. The van der Waals surface area contributed by atoms with Gasteiger partial charge in [-0.3, -0.25) is 0 Å². The number of nitrogens with one attached hydrogen (secondary N) is 1. The highest BCUT2D eigenvalue weighted by molar-refractivity contribution is 5.68. The number of halogens is 3. The van der Waals surface area contributed by atoms with Gasteiger partial charge in [-0.1, -0.05) is 48.5 Å². The molecule has 1 heterocycles. The lowest BCUT2D eigenvalue weighted by Gasteiger charge is -2.22. The van der Waals surface area contributed by atoms with Crippen LogP contribution in [0.3, 0.4) is 0 Å². The van der Waals surface area contributed by atoms with Crippen molar-refractivity contribution in [1.82, 2.24) is 5.32 Å². The molecule has 0 spiro atoms. The van der Waals surface area contributed by atoms with Gasteiger partial charge in [0.25, 0.3) is 0 Å². The number of anilines is 1. The Bertz CT molecular complexity index is 1330. The molecule has 10 heteroatoms. The summed E-state index contributed by atoms with van der Waals surface area (Å²) in [6, 6.07) is 22.1.